The summed E-state index contributed by atoms with van der Waals surface area (Å²) in [5.74, 6) is -0.0377. The number of furan rings is 1. The number of benzene rings is 1. The average Bonchev–Trinajstić information content (AvgIpc) is 3.24. The Morgan fingerprint density at radius 3 is 2.74 bits per heavy atom. The molecule has 8 heteroatoms. The topological polar surface area (TPSA) is 114 Å². The molecule has 0 aliphatic heterocycles. The lowest BCUT2D eigenvalue weighted by molar-refractivity contribution is -0.114. The van der Waals surface area contributed by atoms with Crippen LogP contribution in [0.5, 0.6) is 0 Å². The van der Waals surface area contributed by atoms with Crippen LogP contribution >= 0.6 is 0 Å². The molecule has 0 atom stereocenters. The molecule has 3 aromatic rings. The predicted octanol–water partition coefficient (Wildman–Crippen LogP) is 3.07. The Morgan fingerprint density at radius 1 is 1.26 bits per heavy atom. The van der Waals surface area contributed by atoms with Crippen molar-refractivity contribution in [2.45, 2.75) is 39.8 Å². The SMILES string of the molecule is CCCCn1c(N)c(N(Cc2ccco2)C(=O)/C=C/c2cccc(C)c2)c(=O)[nH]c1=O. The van der Waals surface area contributed by atoms with E-state index in [9.17, 15) is 14.4 Å². The lowest BCUT2D eigenvalue weighted by atomic mass is 10.1. The minimum absolute atomic E-state index is 0.0107. The summed E-state index contributed by atoms with van der Waals surface area (Å²) in [6, 6.07) is 11.1. The Hall–Kier alpha value is -3.81. The molecule has 0 fully saturated rings. The van der Waals surface area contributed by atoms with Crippen LogP contribution in [0.25, 0.3) is 6.08 Å². The Kier molecular flexibility index (Phi) is 6.92. The second-order valence-corrected chi connectivity index (χ2v) is 7.25. The van der Waals surface area contributed by atoms with Gasteiger partial charge in [-0.25, -0.2) is 4.79 Å². The lowest BCUT2D eigenvalue weighted by Gasteiger charge is -2.22. The number of unbranched alkanes of at least 4 members (excludes halogenated alkanes) is 1. The zero-order chi connectivity index (χ0) is 22.4. The van der Waals surface area contributed by atoms with Gasteiger partial charge >= 0.3 is 5.69 Å². The zero-order valence-electron chi connectivity index (χ0n) is 17.6. The molecule has 162 valence electrons. The number of anilines is 2. The first-order valence-corrected chi connectivity index (χ1v) is 10.1. The minimum atomic E-state index is -0.723. The van der Waals surface area contributed by atoms with Gasteiger partial charge in [-0.2, -0.15) is 0 Å². The summed E-state index contributed by atoms with van der Waals surface area (Å²) in [5, 5.41) is 0. The van der Waals surface area contributed by atoms with Crippen molar-refractivity contribution in [3.05, 3.63) is 86.5 Å². The highest BCUT2D eigenvalue weighted by atomic mass is 16.3. The summed E-state index contributed by atoms with van der Waals surface area (Å²) >= 11 is 0. The van der Waals surface area contributed by atoms with Crippen molar-refractivity contribution >= 4 is 23.5 Å². The van der Waals surface area contributed by atoms with Crippen LogP contribution in [0.3, 0.4) is 0 Å². The number of aryl methyl sites for hydroxylation is 1. The molecular formula is C23H26N4O4. The molecule has 0 aliphatic rings. The molecule has 0 saturated carbocycles. The number of aromatic amines is 1. The van der Waals surface area contributed by atoms with Crippen LogP contribution in [0.2, 0.25) is 0 Å². The van der Waals surface area contributed by atoms with Gasteiger partial charge in [-0.3, -0.25) is 24.0 Å². The molecule has 1 amide bonds. The second-order valence-electron chi connectivity index (χ2n) is 7.25. The second kappa shape index (κ2) is 9.80. The molecule has 0 radical (unpaired) electrons. The van der Waals surface area contributed by atoms with Crippen LogP contribution in [0.1, 0.15) is 36.7 Å². The first-order valence-electron chi connectivity index (χ1n) is 10.1. The molecule has 0 aliphatic carbocycles. The van der Waals surface area contributed by atoms with Crippen molar-refractivity contribution in [3.8, 4) is 0 Å². The number of nitrogens with zero attached hydrogens (tertiary/aromatic N) is 2. The fourth-order valence-corrected chi connectivity index (χ4v) is 3.23. The van der Waals surface area contributed by atoms with E-state index in [0.29, 0.717) is 18.7 Å². The van der Waals surface area contributed by atoms with Crippen LogP contribution in [0.15, 0.2) is 62.7 Å². The number of rotatable bonds is 8. The largest absolute Gasteiger partial charge is 0.467 e. The van der Waals surface area contributed by atoms with Crippen molar-refractivity contribution in [2.24, 2.45) is 0 Å². The number of H-pyrrole nitrogens is 1. The summed E-state index contributed by atoms with van der Waals surface area (Å²) < 4.78 is 6.66. The standard InChI is InChI=1S/C23H26N4O4/c1-3-4-12-26-21(24)20(22(29)25-23(26)30)27(15-18-9-6-13-31-18)19(28)11-10-17-8-5-7-16(2)14-17/h5-11,13-14H,3-4,12,15,24H2,1-2H3,(H,25,29,30)/b11-10+. The highest BCUT2D eigenvalue weighted by molar-refractivity contribution is 6.05. The molecule has 2 aromatic heterocycles. The number of nitrogens with two attached hydrogens (primary N) is 1. The van der Waals surface area contributed by atoms with Crippen molar-refractivity contribution in [1.29, 1.82) is 0 Å². The zero-order valence-corrected chi connectivity index (χ0v) is 17.6. The number of amides is 1. The number of hydrogen-bond donors (Lipinski definition) is 2. The third-order valence-corrected chi connectivity index (χ3v) is 4.84. The third kappa shape index (κ3) is 5.22. The fraction of sp³-hybridized carbons (Fsp3) is 0.261. The summed E-state index contributed by atoms with van der Waals surface area (Å²) in [4.78, 5) is 41.6. The van der Waals surface area contributed by atoms with Gasteiger partial charge in [0.15, 0.2) is 5.69 Å². The van der Waals surface area contributed by atoms with E-state index in [2.05, 4.69) is 4.98 Å². The summed E-state index contributed by atoms with van der Waals surface area (Å²) in [6.45, 7) is 4.27. The molecule has 2 heterocycles. The van der Waals surface area contributed by atoms with Crippen LogP contribution in [0.4, 0.5) is 11.5 Å². The molecule has 0 unspecified atom stereocenters. The van der Waals surface area contributed by atoms with Gasteiger partial charge in [-0.15, -0.1) is 0 Å². The average molecular weight is 422 g/mol. The molecule has 0 saturated heterocycles. The van der Waals surface area contributed by atoms with E-state index in [1.165, 1.54) is 21.8 Å². The normalized spacial score (nSPS) is 11.2. The van der Waals surface area contributed by atoms with E-state index in [4.69, 9.17) is 10.2 Å². The van der Waals surface area contributed by atoms with E-state index < -0.39 is 17.2 Å². The molecule has 0 bridgehead atoms. The van der Waals surface area contributed by atoms with Crippen LogP contribution < -0.4 is 21.9 Å². The van der Waals surface area contributed by atoms with Crippen LogP contribution in [-0.4, -0.2) is 15.5 Å². The van der Waals surface area contributed by atoms with Gasteiger partial charge in [0.2, 0.25) is 0 Å². The molecule has 1 aromatic carbocycles. The monoisotopic (exact) mass is 422 g/mol. The number of hydrogen-bond acceptors (Lipinski definition) is 5. The summed E-state index contributed by atoms with van der Waals surface area (Å²) in [7, 11) is 0. The van der Waals surface area contributed by atoms with Gasteiger partial charge in [0.1, 0.15) is 11.6 Å². The summed E-state index contributed by atoms with van der Waals surface area (Å²) in [5.41, 5.74) is 6.73. The Morgan fingerprint density at radius 2 is 2.06 bits per heavy atom. The number of carbonyl (C=O) groups excluding carboxylic acids is 1. The minimum Gasteiger partial charge on any atom is -0.467 e. The Labute approximate surface area is 179 Å². The molecular weight excluding hydrogens is 396 g/mol. The van der Waals surface area contributed by atoms with Crippen molar-refractivity contribution < 1.29 is 9.21 Å². The van der Waals surface area contributed by atoms with Crippen molar-refractivity contribution in [3.63, 3.8) is 0 Å². The van der Waals surface area contributed by atoms with Gasteiger partial charge in [-0.1, -0.05) is 43.2 Å². The fourth-order valence-electron chi connectivity index (χ4n) is 3.23. The molecule has 3 N–H and O–H groups in total. The van der Waals surface area contributed by atoms with Crippen LogP contribution in [-0.2, 0) is 17.9 Å². The van der Waals surface area contributed by atoms with Crippen molar-refractivity contribution in [1.82, 2.24) is 9.55 Å². The van der Waals surface area contributed by atoms with Crippen molar-refractivity contribution in [2.75, 3.05) is 10.6 Å². The van der Waals surface area contributed by atoms with Gasteiger partial charge in [0.25, 0.3) is 11.5 Å². The molecule has 8 nitrogen and oxygen atoms in total. The maximum Gasteiger partial charge on any atom is 0.330 e. The van der Waals surface area contributed by atoms with Gasteiger partial charge < -0.3 is 10.2 Å². The first kappa shape index (κ1) is 21.9. The smallest absolute Gasteiger partial charge is 0.330 e. The van der Waals surface area contributed by atoms with E-state index in [-0.39, 0.29) is 18.1 Å². The van der Waals surface area contributed by atoms with Crippen LogP contribution in [0, 0.1) is 6.92 Å². The van der Waals surface area contributed by atoms with Gasteiger partial charge in [-0.05, 0) is 37.1 Å². The number of nitrogens with one attached hydrogen (secondary N) is 1. The Balaban J connectivity index is 2.04. The molecule has 0 spiro atoms. The summed E-state index contributed by atoms with van der Waals surface area (Å²) in [6.07, 6.45) is 6.07. The van der Waals surface area contributed by atoms with E-state index in [1.807, 2.05) is 38.1 Å². The maximum atomic E-state index is 13.1. The Bertz CT molecular complexity index is 1190. The van der Waals surface area contributed by atoms with E-state index in [0.717, 1.165) is 17.5 Å². The molecule has 31 heavy (non-hydrogen) atoms. The lowest BCUT2D eigenvalue weighted by Crippen LogP contribution is -2.40. The number of carbonyl (C=O) groups is 1. The van der Waals surface area contributed by atoms with E-state index in [1.54, 1.807) is 18.2 Å². The maximum absolute atomic E-state index is 13.1. The number of aromatic nitrogens is 2. The third-order valence-electron chi connectivity index (χ3n) is 4.84. The quantitative estimate of drug-likeness (QED) is 0.542. The van der Waals surface area contributed by atoms with Gasteiger partial charge in [0.05, 0.1) is 12.8 Å². The van der Waals surface area contributed by atoms with Gasteiger partial charge in [0, 0.05) is 12.6 Å². The first-order chi connectivity index (χ1) is 14.9. The number of nitrogen functional groups attached to an aromatic ring is 1. The highest BCUT2D eigenvalue weighted by Gasteiger charge is 2.24. The van der Waals surface area contributed by atoms with E-state index >= 15 is 0 Å². The predicted molar refractivity (Wildman–Crippen MR) is 121 cm³/mol. The molecule has 3 rings (SSSR count). The highest BCUT2D eigenvalue weighted by Crippen LogP contribution is 2.21.